The molecule has 1 N–H and O–H groups in total. The molecule has 2 heterocycles. The predicted octanol–water partition coefficient (Wildman–Crippen LogP) is 3.78. The minimum Gasteiger partial charge on any atom is -0.497 e. The van der Waals surface area contributed by atoms with Gasteiger partial charge in [-0.25, -0.2) is 0 Å². The van der Waals surface area contributed by atoms with E-state index in [2.05, 4.69) is 10.3 Å². The van der Waals surface area contributed by atoms with Crippen LogP contribution in [0.15, 0.2) is 79.0 Å². The lowest BCUT2D eigenvalue weighted by molar-refractivity contribution is -0.135. The Bertz CT molecular complexity index is 1020. The summed E-state index contributed by atoms with van der Waals surface area (Å²) in [5.41, 5.74) is 2.73. The molecule has 1 atom stereocenters. The van der Waals surface area contributed by atoms with Crippen molar-refractivity contribution in [3.63, 3.8) is 0 Å². The number of pyridine rings is 1. The van der Waals surface area contributed by atoms with Crippen LogP contribution in [-0.4, -0.2) is 41.9 Å². The minimum absolute atomic E-state index is 0.00870. The van der Waals surface area contributed by atoms with Crippen molar-refractivity contribution in [1.29, 1.82) is 0 Å². The van der Waals surface area contributed by atoms with Crippen molar-refractivity contribution >= 4 is 11.8 Å². The van der Waals surface area contributed by atoms with Gasteiger partial charge in [0.1, 0.15) is 5.75 Å². The molecule has 2 amide bonds. The van der Waals surface area contributed by atoms with Gasteiger partial charge in [-0.05, 0) is 48.2 Å². The lowest BCUT2D eigenvalue weighted by Gasteiger charge is -2.32. The van der Waals surface area contributed by atoms with Crippen molar-refractivity contribution in [2.45, 2.75) is 25.3 Å². The van der Waals surface area contributed by atoms with Gasteiger partial charge >= 0.3 is 0 Å². The fourth-order valence-electron chi connectivity index (χ4n) is 4.24. The van der Waals surface area contributed by atoms with E-state index in [4.69, 9.17) is 4.74 Å². The van der Waals surface area contributed by atoms with Gasteiger partial charge in [-0.15, -0.1) is 0 Å². The maximum atomic E-state index is 13.1. The highest BCUT2D eigenvalue weighted by Crippen LogP contribution is 2.24. The largest absolute Gasteiger partial charge is 0.497 e. The molecule has 0 spiro atoms. The third kappa shape index (κ3) is 5.77. The number of likely N-dealkylation sites (tertiary alicyclic amines) is 1. The van der Waals surface area contributed by atoms with Gasteiger partial charge in [-0.2, -0.15) is 0 Å². The summed E-state index contributed by atoms with van der Waals surface area (Å²) in [6, 6.07) is 22.9. The van der Waals surface area contributed by atoms with Gasteiger partial charge in [0.2, 0.25) is 11.8 Å². The maximum absolute atomic E-state index is 13.1. The second kappa shape index (κ2) is 10.8. The quantitative estimate of drug-likeness (QED) is 0.603. The number of carbonyl (C=O) groups is 2. The third-order valence-electron chi connectivity index (χ3n) is 6.11. The number of nitrogens with one attached hydrogen (secondary N) is 1. The molecule has 1 aromatic heterocycles. The molecule has 1 unspecified atom stereocenters. The van der Waals surface area contributed by atoms with Crippen LogP contribution in [0.3, 0.4) is 0 Å². The second-order valence-corrected chi connectivity index (χ2v) is 8.29. The number of benzene rings is 2. The molecule has 1 saturated heterocycles. The molecule has 0 saturated carbocycles. The third-order valence-corrected chi connectivity index (χ3v) is 6.11. The van der Waals surface area contributed by atoms with Gasteiger partial charge in [0.15, 0.2) is 0 Å². The number of aromatic nitrogens is 1. The van der Waals surface area contributed by atoms with E-state index < -0.39 is 0 Å². The molecule has 1 fully saturated rings. The van der Waals surface area contributed by atoms with Crippen LogP contribution < -0.4 is 10.1 Å². The Labute approximate surface area is 194 Å². The maximum Gasteiger partial charge on any atom is 0.226 e. The van der Waals surface area contributed by atoms with Gasteiger partial charge in [-0.3, -0.25) is 14.6 Å². The summed E-state index contributed by atoms with van der Waals surface area (Å²) in [5.74, 6) is 0.713. The highest BCUT2D eigenvalue weighted by Gasteiger charge is 2.29. The number of methoxy groups -OCH3 is 1. The van der Waals surface area contributed by atoms with Crippen molar-refractivity contribution in [3.8, 4) is 5.75 Å². The Morgan fingerprint density at radius 2 is 1.79 bits per heavy atom. The Kier molecular flexibility index (Phi) is 7.35. The number of amides is 2. The first kappa shape index (κ1) is 22.5. The van der Waals surface area contributed by atoms with Gasteiger partial charge in [0, 0.05) is 25.2 Å². The van der Waals surface area contributed by atoms with E-state index in [-0.39, 0.29) is 23.8 Å². The predicted molar refractivity (Wildman–Crippen MR) is 127 cm³/mol. The molecule has 0 bridgehead atoms. The molecule has 1 aliphatic heterocycles. The van der Waals surface area contributed by atoms with Crippen molar-refractivity contribution in [1.82, 2.24) is 15.2 Å². The first-order valence-corrected chi connectivity index (χ1v) is 11.3. The zero-order chi connectivity index (χ0) is 23.0. The highest BCUT2D eigenvalue weighted by molar-refractivity contribution is 5.81. The van der Waals surface area contributed by atoms with E-state index in [1.807, 2.05) is 77.7 Å². The highest BCUT2D eigenvalue weighted by atomic mass is 16.5. The van der Waals surface area contributed by atoms with E-state index in [1.54, 1.807) is 13.3 Å². The molecular formula is C27H29N3O3. The van der Waals surface area contributed by atoms with Crippen LogP contribution in [0, 0.1) is 5.92 Å². The number of carbonyl (C=O) groups excluding carboxylic acids is 2. The van der Waals surface area contributed by atoms with E-state index in [9.17, 15) is 9.59 Å². The van der Waals surface area contributed by atoms with Crippen molar-refractivity contribution < 1.29 is 14.3 Å². The summed E-state index contributed by atoms with van der Waals surface area (Å²) in [6.07, 6.45) is 3.38. The number of ether oxygens (including phenoxy) is 1. The summed E-state index contributed by atoms with van der Waals surface area (Å²) in [7, 11) is 1.62. The number of hydrogen-bond donors (Lipinski definition) is 1. The minimum atomic E-state index is -0.298. The van der Waals surface area contributed by atoms with E-state index in [1.165, 1.54) is 0 Å². The smallest absolute Gasteiger partial charge is 0.226 e. The molecule has 1 aliphatic rings. The average Bonchev–Trinajstić information content (AvgIpc) is 2.88. The van der Waals surface area contributed by atoms with E-state index in [0.717, 1.165) is 22.6 Å². The van der Waals surface area contributed by atoms with Crippen LogP contribution in [-0.2, 0) is 16.0 Å². The molecule has 33 heavy (non-hydrogen) atoms. The SMILES string of the molecule is COc1cccc(CC(=O)N2CCC(C(=O)NC(c3ccccc3)c3ccccn3)CC2)c1. The zero-order valence-corrected chi connectivity index (χ0v) is 18.8. The van der Waals surface area contributed by atoms with E-state index >= 15 is 0 Å². The van der Waals surface area contributed by atoms with E-state index in [0.29, 0.717) is 32.4 Å². The molecule has 2 aromatic carbocycles. The summed E-state index contributed by atoms with van der Waals surface area (Å²) in [5, 5.41) is 3.20. The van der Waals surface area contributed by atoms with Crippen molar-refractivity contribution in [2.24, 2.45) is 5.92 Å². The molecule has 0 aliphatic carbocycles. The fourth-order valence-corrected chi connectivity index (χ4v) is 4.24. The van der Waals surface area contributed by atoms with Crippen LogP contribution in [0.1, 0.15) is 35.7 Å². The lowest BCUT2D eigenvalue weighted by Crippen LogP contribution is -2.44. The first-order valence-electron chi connectivity index (χ1n) is 11.3. The van der Waals surface area contributed by atoms with Crippen LogP contribution >= 0.6 is 0 Å². The lowest BCUT2D eigenvalue weighted by atomic mass is 9.94. The Morgan fingerprint density at radius 1 is 1.03 bits per heavy atom. The molecular weight excluding hydrogens is 414 g/mol. The van der Waals surface area contributed by atoms with Crippen LogP contribution in [0.4, 0.5) is 0 Å². The fraction of sp³-hybridized carbons (Fsp3) is 0.296. The molecule has 6 nitrogen and oxygen atoms in total. The normalized spacial score (nSPS) is 15.0. The number of rotatable bonds is 7. The zero-order valence-electron chi connectivity index (χ0n) is 18.8. The second-order valence-electron chi connectivity index (χ2n) is 8.29. The topological polar surface area (TPSA) is 71.5 Å². The summed E-state index contributed by atoms with van der Waals surface area (Å²) >= 11 is 0. The first-order chi connectivity index (χ1) is 16.1. The Hall–Kier alpha value is -3.67. The number of hydrogen-bond acceptors (Lipinski definition) is 4. The van der Waals surface area contributed by atoms with Gasteiger partial charge < -0.3 is 15.0 Å². The number of nitrogens with zero attached hydrogens (tertiary/aromatic N) is 2. The molecule has 3 aromatic rings. The van der Waals surface area contributed by atoms with Crippen LogP contribution in [0.25, 0.3) is 0 Å². The number of piperidine rings is 1. The summed E-state index contributed by atoms with van der Waals surface area (Å²) in [4.78, 5) is 32.2. The molecule has 6 heteroatoms. The summed E-state index contributed by atoms with van der Waals surface area (Å²) in [6.45, 7) is 1.17. The van der Waals surface area contributed by atoms with Crippen LogP contribution in [0.5, 0.6) is 5.75 Å². The monoisotopic (exact) mass is 443 g/mol. The standard InChI is InChI=1S/C27H29N3O3/c1-33-23-11-7-8-20(18-23)19-25(31)30-16-13-22(14-17-30)27(32)29-26(21-9-3-2-4-10-21)24-12-5-6-15-28-24/h2-12,15,18,22,26H,13-14,16-17,19H2,1H3,(H,29,32). The van der Waals surface area contributed by atoms with Crippen molar-refractivity contribution in [3.05, 3.63) is 95.8 Å². The van der Waals surface area contributed by atoms with Crippen LogP contribution in [0.2, 0.25) is 0 Å². The average molecular weight is 444 g/mol. The molecule has 4 rings (SSSR count). The molecule has 170 valence electrons. The van der Waals surface area contributed by atoms with Gasteiger partial charge in [0.05, 0.1) is 25.3 Å². The summed E-state index contributed by atoms with van der Waals surface area (Å²) < 4.78 is 5.24. The molecule has 0 radical (unpaired) electrons. The van der Waals surface area contributed by atoms with Gasteiger partial charge in [0.25, 0.3) is 0 Å². The van der Waals surface area contributed by atoms with Crippen molar-refractivity contribution in [2.75, 3.05) is 20.2 Å². The van der Waals surface area contributed by atoms with Gasteiger partial charge in [-0.1, -0.05) is 48.5 Å². The Morgan fingerprint density at radius 3 is 2.48 bits per heavy atom. The Balaban J connectivity index is 1.35.